The number of hydrogen-bond acceptors (Lipinski definition) is 1. The van der Waals surface area contributed by atoms with Crippen molar-refractivity contribution in [1.82, 2.24) is 0 Å². The Kier molecular flexibility index (Phi) is 3.17. The third kappa shape index (κ3) is 2.71. The zero-order valence-corrected chi connectivity index (χ0v) is 9.61. The maximum Gasteiger partial charge on any atom is 0.0303 e. The monoisotopic (exact) mass is 187 g/mol. The van der Waals surface area contributed by atoms with E-state index in [1.54, 1.807) is 0 Å². The van der Waals surface area contributed by atoms with Crippen LogP contribution in [-0.4, -0.2) is 10.4 Å². The molecule has 1 saturated heterocycles. The summed E-state index contributed by atoms with van der Waals surface area (Å²) in [4.78, 5) is 0. The van der Waals surface area contributed by atoms with Gasteiger partial charge in [0.1, 0.15) is 0 Å². The van der Waals surface area contributed by atoms with Gasteiger partial charge in [-0.1, -0.05) is 35.3 Å². The van der Waals surface area contributed by atoms with Crippen molar-refractivity contribution in [3.63, 3.8) is 0 Å². The van der Waals surface area contributed by atoms with Crippen molar-refractivity contribution >= 4 is 8.58 Å². The highest BCUT2D eigenvalue weighted by molar-refractivity contribution is 7.41. The van der Waals surface area contributed by atoms with E-state index in [-0.39, 0.29) is 5.28 Å². The van der Waals surface area contributed by atoms with E-state index in [4.69, 9.17) is 5.73 Å². The zero-order valence-electron chi connectivity index (χ0n) is 8.61. The molecule has 0 aromatic rings. The molecule has 2 N–H and O–H groups in total. The fourth-order valence-electron chi connectivity index (χ4n) is 2.40. The molecule has 1 fully saturated rings. The molecule has 72 valence electrons. The molecular weight excluding hydrogens is 165 g/mol. The van der Waals surface area contributed by atoms with Crippen LogP contribution in [0.2, 0.25) is 0 Å². The van der Waals surface area contributed by atoms with Crippen molar-refractivity contribution in [1.29, 1.82) is 0 Å². The van der Waals surface area contributed by atoms with E-state index in [1.165, 1.54) is 32.1 Å². The molecule has 1 heterocycles. The first-order valence-corrected chi connectivity index (χ1v) is 6.06. The third-order valence-electron chi connectivity index (χ3n) is 2.81. The van der Waals surface area contributed by atoms with E-state index in [9.17, 15) is 0 Å². The van der Waals surface area contributed by atoms with Crippen molar-refractivity contribution in [2.24, 2.45) is 5.73 Å². The van der Waals surface area contributed by atoms with Crippen molar-refractivity contribution in [3.8, 4) is 0 Å². The lowest BCUT2D eigenvalue weighted by atomic mass is 9.95. The molecule has 0 aliphatic carbocycles. The molecule has 1 nitrogen and oxygen atoms in total. The summed E-state index contributed by atoms with van der Waals surface area (Å²) in [5, 5.41) is 0.707. The summed E-state index contributed by atoms with van der Waals surface area (Å²) < 4.78 is 0. The lowest BCUT2D eigenvalue weighted by Crippen LogP contribution is -2.40. The van der Waals surface area contributed by atoms with Crippen molar-refractivity contribution < 1.29 is 0 Å². The molecule has 0 aromatic carbocycles. The lowest BCUT2D eigenvalue weighted by molar-refractivity contribution is 0.425. The van der Waals surface area contributed by atoms with Gasteiger partial charge in [-0.05, 0) is 31.3 Å². The van der Waals surface area contributed by atoms with Gasteiger partial charge in [0.05, 0.1) is 0 Å². The summed E-state index contributed by atoms with van der Waals surface area (Å²) in [5.74, 6) is 0. The Morgan fingerprint density at radius 1 is 1.33 bits per heavy atom. The SMILES string of the molecule is CCCC1(C)CCCC(C)(N)P1. The second kappa shape index (κ2) is 3.64. The van der Waals surface area contributed by atoms with Crippen LogP contribution in [0.4, 0.5) is 0 Å². The predicted octanol–water partition coefficient (Wildman–Crippen LogP) is 3.08. The molecule has 0 bridgehead atoms. The Morgan fingerprint density at radius 3 is 2.50 bits per heavy atom. The van der Waals surface area contributed by atoms with Crippen LogP contribution < -0.4 is 5.73 Å². The van der Waals surface area contributed by atoms with Crippen LogP contribution in [0.1, 0.15) is 52.9 Å². The average Bonchev–Trinajstić information content (AvgIpc) is 1.83. The molecule has 1 aliphatic rings. The zero-order chi connectivity index (χ0) is 9.24. The summed E-state index contributed by atoms with van der Waals surface area (Å²) in [6.07, 6.45) is 6.62. The van der Waals surface area contributed by atoms with Crippen LogP contribution in [0.15, 0.2) is 0 Å². The Labute approximate surface area is 78.3 Å². The Bertz CT molecular complexity index is 152. The number of hydrogen-bond donors (Lipinski definition) is 1. The minimum Gasteiger partial charge on any atom is -0.322 e. The lowest BCUT2D eigenvalue weighted by Gasteiger charge is -2.42. The molecule has 1 rings (SSSR count). The fourth-order valence-corrected chi connectivity index (χ4v) is 4.76. The Balaban J connectivity index is 2.55. The largest absolute Gasteiger partial charge is 0.322 e. The van der Waals surface area contributed by atoms with Gasteiger partial charge in [0.25, 0.3) is 0 Å². The minimum absolute atomic E-state index is 0.141. The van der Waals surface area contributed by atoms with Gasteiger partial charge in [0.2, 0.25) is 0 Å². The number of nitrogens with two attached hydrogens (primary N) is 1. The van der Waals surface area contributed by atoms with E-state index in [2.05, 4.69) is 20.8 Å². The molecule has 0 saturated carbocycles. The second-order valence-corrected chi connectivity index (χ2v) is 7.31. The molecule has 0 spiro atoms. The maximum absolute atomic E-state index is 6.20. The summed E-state index contributed by atoms with van der Waals surface area (Å²) in [7, 11) is 0.957. The molecule has 0 aromatic heterocycles. The Hall–Kier alpha value is 0.390. The van der Waals surface area contributed by atoms with Crippen LogP contribution in [0.25, 0.3) is 0 Å². The molecule has 2 heteroatoms. The van der Waals surface area contributed by atoms with Crippen LogP contribution in [0, 0.1) is 0 Å². The standard InChI is InChI=1S/C10H22NP/c1-4-6-9(2)7-5-8-10(3,11)12-9/h12H,4-8,11H2,1-3H3. The average molecular weight is 187 g/mol. The van der Waals surface area contributed by atoms with Gasteiger partial charge in [-0.25, -0.2) is 0 Å². The first-order valence-electron chi connectivity index (χ1n) is 5.06. The highest BCUT2D eigenvalue weighted by Crippen LogP contribution is 2.52. The smallest absolute Gasteiger partial charge is 0.0303 e. The minimum atomic E-state index is 0.141. The molecular formula is C10H22NP. The van der Waals surface area contributed by atoms with Crippen LogP contribution in [0.3, 0.4) is 0 Å². The van der Waals surface area contributed by atoms with Crippen LogP contribution >= 0.6 is 8.58 Å². The van der Waals surface area contributed by atoms with E-state index in [0.29, 0.717) is 5.16 Å². The predicted molar refractivity (Wildman–Crippen MR) is 58.1 cm³/mol. The molecule has 3 atom stereocenters. The van der Waals surface area contributed by atoms with Gasteiger partial charge in [-0.15, -0.1) is 0 Å². The number of rotatable bonds is 2. The van der Waals surface area contributed by atoms with Crippen LogP contribution in [-0.2, 0) is 0 Å². The summed E-state index contributed by atoms with van der Waals surface area (Å²) in [6.45, 7) is 6.91. The van der Waals surface area contributed by atoms with Crippen molar-refractivity contribution in [2.75, 3.05) is 0 Å². The van der Waals surface area contributed by atoms with Crippen molar-refractivity contribution in [2.45, 2.75) is 63.3 Å². The van der Waals surface area contributed by atoms with Gasteiger partial charge in [0.15, 0.2) is 0 Å². The quantitative estimate of drug-likeness (QED) is 0.660. The van der Waals surface area contributed by atoms with Gasteiger partial charge in [0, 0.05) is 5.28 Å². The maximum atomic E-state index is 6.20. The van der Waals surface area contributed by atoms with Gasteiger partial charge in [-0.2, -0.15) is 0 Å². The molecule has 12 heavy (non-hydrogen) atoms. The summed E-state index contributed by atoms with van der Waals surface area (Å²) in [5.41, 5.74) is 6.20. The highest BCUT2D eigenvalue weighted by Gasteiger charge is 2.35. The molecule has 0 radical (unpaired) electrons. The van der Waals surface area contributed by atoms with E-state index < -0.39 is 0 Å². The Morgan fingerprint density at radius 2 is 2.00 bits per heavy atom. The third-order valence-corrected chi connectivity index (χ3v) is 4.74. The highest BCUT2D eigenvalue weighted by atomic mass is 31.1. The molecule has 3 unspecified atom stereocenters. The van der Waals surface area contributed by atoms with E-state index in [0.717, 1.165) is 8.58 Å². The van der Waals surface area contributed by atoms with Crippen molar-refractivity contribution in [3.05, 3.63) is 0 Å². The summed E-state index contributed by atoms with van der Waals surface area (Å²) in [6, 6.07) is 0. The van der Waals surface area contributed by atoms with Crippen LogP contribution in [0.5, 0.6) is 0 Å². The first-order chi connectivity index (χ1) is 5.47. The second-order valence-electron chi connectivity index (χ2n) is 4.71. The van der Waals surface area contributed by atoms with E-state index >= 15 is 0 Å². The first kappa shape index (κ1) is 10.5. The molecule has 1 aliphatic heterocycles. The fraction of sp³-hybridized carbons (Fsp3) is 1.00. The normalized spacial score (nSPS) is 45.0. The topological polar surface area (TPSA) is 26.0 Å². The van der Waals surface area contributed by atoms with E-state index in [1.807, 2.05) is 0 Å². The summed E-state index contributed by atoms with van der Waals surface area (Å²) >= 11 is 0. The van der Waals surface area contributed by atoms with Gasteiger partial charge < -0.3 is 5.73 Å². The van der Waals surface area contributed by atoms with Gasteiger partial charge in [-0.3, -0.25) is 0 Å². The molecule has 0 amide bonds. The van der Waals surface area contributed by atoms with Gasteiger partial charge >= 0.3 is 0 Å².